The number of carbonyl (C=O) groups excluding carboxylic acids is 1. The fourth-order valence-corrected chi connectivity index (χ4v) is 3.67. The molecule has 0 unspecified atom stereocenters. The Morgan fingerprint density at radius 3 is 2.30 bits per heavy atom. The minimum absolute atomic E-state index is 0.0901. The second-order valence-corrected chi connectivity index (χ2v) is 8.41. The number of carbonyl (C=O) groups is 1. The standard InChI is InChI=1S/C21H21NO4S/c1-16-3-5-18(6-4-16)15-22(14-13-17-7-8-17)27(24,25)20-11-9-19(10-12-20)21(23)26-2/h3-6,9-12,17H,7-8,15H2,1-2H3. The van der Waals surface area contributed by atoms with Gasteiger partial charge in [-0.2, -0.15) is 0 Å². The van der Waals surface area contributed by atoms with E-state index in [2.05, 4.69) is 16.7 Å². The fourth-order valence-electron chi connectivity index (χ4n) is 2.44. The van der Waals surface area contributed by atoms with E-state index in [0.717, 1.165) is 24.0 Å². The lowest BCUT2D eigenvalue weighted by molar-refractivity contribution is 0.0600. The van der Waals surface area contributed by atoms with Crippen LogP contribution < -0.4 is 0 Å². The van der Waals surface area contributed by atoms with Crippen molar-refractivity contribution in [3.05, 3.63) is 65.2 Å². The van der Waals surface area contributed by atoms with Gasteiger partial charge in [0.15, 0.2) is 0 Å². The smallest absolute Gasteiger partial charge is 0.337 e. The lowest BCUT2D eigenvalue weighted by Gasteiger charge is -2.18. The van der Waals surface area contributed by atoms with Gasteiger partial charge < -0.3 is 4.74 Å². The summed E-state index contributed by atoms with van der Waals surface area (Å²) in [5.41, 5.74) is 2.27. The fraction of sp³-hybridized carbons (Fsp3) is 0.286. The van der Waals surface area contributed by atoms with Gasteiger partial charge in [-0.05, 0) is 49.6 Å². The molecule has 0 N–H and O–H groups in total. The zero-order valence-corrected chi connectivity index (χ0v) is 16.1. The van der Waals surface area contributed by atoms with Gasteiger partial charge in [0.25, 0.3) is 10.0 Å². The molecule has 1 fully saturated rings. The largest absolute Gasteiger partial charge is 0.465 e. The van der Waals surface area contributed by atoms with E-state index < -0.39 is 16.0 Å². The van der Waals surface area contributed by atoms with E-state index in [1.54, 1.807) is 0 Å². The molecule has 2 aromatic rings. The minimum atomic E-state index is -3.82. The Balaban J connectivity index is 1.90. The SMILES string of the molecule is COC(=O)c1ccc(S(=O)(=O)N(C#CC2CC2)Cc2ccc(C)cc2)cc1. The van der Waals surface area contributed by atoms with E-state index in [9.17, 15) is 13.2 Å². The molecule has 1 saturated carbocycles. The van der Waals surface area contributed by atoms with Crippen molar-refractivity contribution < 1.29 is 17.9 Å². The van der Waals surface area contributed by atoms with E-state index in [0.29, 0.717) is 5.56 Å². The molecule has 0 saturated heterocycles. The number of nitrogens with zero attached hydrogens (tertiary/aromatic N) is 1. The van der Waals surface area contributed by atoms with Gasteiger partial charge in [0.2, 0.25) is 0 Å². The Morgan fingerprint density at radius 1 is 1.11 bits per heavy atom. The molecule has 27 heavy (non-hydrogen) atoms. The monoisotopic (exact) mass is 383 g/mol. The average molecular weight is 383 g/mol. The number of hydrogen-bond donors (Lipinski definition) is 0. The highest BCUT2D eigenvalue weighted by Crippen LogP contribution is 2.28. The first kappa shape index (κ1) is 19.0. The summed E-state index contributed by atoms with van der Waals surface area (Å²) >= 11 is 0. The van der Waals surface area contributed by atoms with Crippen LogP contribution in [0.2, 0.25) is 0 Å². The van der Waals surface area contributed by atoms with Crippen molar-refractivity contribution in [1.29, 1.82) is 0 Å². The number of benzene rings is 2. The van der Waals surface area contributed by atoms with Crippen LogP contribution in [0, 0.1) is 24.8 Å². The second kappa shape index (κ2) is 7.85. The van der Waals surface area contributed by atoms with Crippen molar-refractivity contribution in [3.8, 4) is 12.0 Å². The molecule has 0 atom stereocenters. The minimum Gasteiger partial charge on any atom is -0.465 e. The van der Waals surface area contributed by atoms with Gasteiger partial charge in [-0.15, -0.1) is 0 Å². The molecular formula is C21H21NO4S. The van der Waals surface area contributed by atoms with Crippen molar-refractivity contribution in [2.75, 3.05) is 7.11 Å². The van der Waals surface area contributed by atoms with Crippen molar-refractivity contribution in [3.63, 3.8) is 0 Å². The van der Waals surface area contributed by atoms with Crippen molar-refractivity contribution in [1.82, 2.24) is 4.31 Å². The van der Waals surface area contributed by atoms with Crippen LogP contribution in [0.3, 0.4) is 0 Å². The van der Waals surface area contributed by atoms with Gasteiger partial charge >= 0.3 is 5.97 Å². The summed E-state index contributed by atoms with van der Waals surface area (Å²) in [5.74, 6) is 2.80. The third-order valence-electron chi connectivity index (χ3n) is 4.28. The van der Waals surface area contributed by atoms with Gasteiger partial charge in [0.1, 0.15) is 0 Å². The Labute approximate surface area is 160 Å². The summed E-state index contributed by atoms with van der Waals surface area (Å²) in [6.07, 6.45) is 2.03. The van der Waals surface area contributed by atoms with Gasteiger partial charge in [-0.3, -0.25) is 0 Å². The molecule has 5 nitrogen and oxygen atoms in total. The second-order valence-electron chi connectivity index (χ2n) is 6.54. The molecule has 0 spiro atoms. The quantitative estimate of drug-likeness (QED) is 0.451. The van der Waals surface area contributed by atoms with Crippen LogP contribution in [0.15, 0.2) is 53.4 Å². The van der Waals surface area contributed by atoms with E-state index in [1.807, 2.05) is 31.2 Å². The maximum atomic E-state index is 13.1. The maximum absolute atomic E-state index is 13.1. The Bertz CT molecular complexity index is 979. The summed E-state index contributed by atoms with van der Waals surface area (Å²) in [4.78, 5) is 11.6. The van der Waals surface area contributed by atoms with Gasteiger partial charge in [0.05, 0.1) is 24.1 Å². The third-order valence-corrected chi connectivity index (χ3v) is 5.95. The number of methoxy groups -OCH3 is 1. The van der Waals surface area contributed by atoms with Gasteiger partial charge in [0, 0.05) is 12.0 Å². The number of esters is 1. The Kier molecular flexibility index (Phi) is 5.52. The highest BCUT2D eigenvalue weighted by molar-refractivity contribution is 7.89. The van der Waals surface area contributed by atoms with Crippen LogP contribution in [0.4, 0.5) is 0 Å². The molecule has 0 amide bonds. The predicted octanol–water partition coefficient (Wildman–Crippen LogP) is 3.34. The first-order valence-corrected chi connectivity index (χ1v) is 10.1. The molecule has 1 aliphatic carbocycles. The molecule has 0 aliphatic heterocycles. The number of ether oxygens (including phenoxy) is 1. The molecule has 140 valence electrons. The van der Waals surface area contributed by atoms with Crippen LogP contribution >= 0.6 is 0 Å². The van der Waals surface area contributed by atoms with Gasteiger partial charge in [-0.1, -0.05) is 35.7 Å². The summed E-state index contributed by atoms with van der Waals surface area (Å²) in [6, 6.07) is 16.2. The van der Waals surface area contributed by atoms with E-state index in [4.69, 9.17) is 0 Å². The number of rotatable bonds is 5. The third kappa shape index (κ3) is 4.69. The molecule has 3 rings (SSSR count). The molecular weight excluding hydrogens is 362 g/mol. The summed E-state index contributed by atoms with van der Waals surface area (Å²) in [7, 11) is -2.54. The van der Waals surface area contributed by atoms with Crippen molar-refractivity contribution in [2.24, 2.45) is 5.92 Å². The molecule has 0 heterocycles. The molecule has 1 aliphatic rings. The Morgan fingerprint density at radius 2 is 1.74 bits per heavy atom. The van der Waals surface area contributed by atoms with E-state index in [1.165, 1.54) is 35.7 Å². The lowest BCUT2D eigenvalue weighted by atomic mass is 10.1. The lowest BCUT2D eigenvalue weighted by Crippen LogP contribution is -2.26. The van der Waals surface area contributed by atoms with E-state index in [-0.39, 0.29) is 17.4 Å². The molecule has 6 heteroatoms. The number of sulfonamides is 1. The van der Waals surface area contributed by atoms with Crippen molar-refractivity contribution >= 4 is 16.0 Å². The summed E-state index contributed by atoms with van der Waals surface area (Å²) < 4.78 is 32.0. The molecule has 0 bridgehead atoms. The molecule has 0 aromatic heterocycles. The Hall–Kier alpha value is -2.78. The normalized spacial score (nSPS) is 13.4. The van der Waals surface area contributed by atoms with Crippen LogP contribution in [-0.2, 0) is 21.3 Å². The predicted molar refractivity (Wildman–Crippen MR) is 102 cm³/mol. The number of hydrogen-bond acceptors (Lipinski definition) is 4. The van der Waals surface area contributed by atoms with Crippen LogP contribution in [0.5, 0.6) is 0 Å². The average Bonchev–Trinajstić information content (AvgIpc) is 3.50. The topological polar surface area (TPSA) is 63.7 Å². The van der Waals surface area contributed by atoms with Gasteiger partial charge in [-0.25, -0.2) is 17.5 Å². The van der Waals surface area contributed by atoms with Crippen LogP contribution in [-0.4, -0.2) is 25.8 Å². The maximum Gasteiger partial charge on any atom is 0.337 e. The number of aryl methyl sites for hydroxylation is 1. The zero-order valence-electron chi connectivity index (χ0n) is 15.3. The molecule has 2 aromatic carbocycles. The first-order valence-electron chi connectivity index (χ1n) is 8.68. The highest BCUT2D eigenvalue weighted by Gasteiger charge is 2.24. The molecule has 0 radical (unpaired) electrons. The van der Waals surface area contributed by atoms with E-state index >= 15 is 0 Å². The zero-order chi connectivity index (χ0) is 19.4. The van der Waals surface area contributed by atoms with Crippen LogP contribution in [0.1, 0.15) is 34.3 Å². The first-order chi connectivity index (χ1) is 12.9. The van der Waals surface area contributed by atoms with Crippen molar-refractivity contribution in [2.45, 2.75) is 31.2 Å². The summed E-state index contributed by atoms with van der Waals surface area (Å²) in [6.45, 7) is 2.15. The van der Waals surface area contributed by atoms with Crippen LogP contribution in [0.25, 0.3) is 0 Å². The summed E-state index contributed by atoms with van der Waals surface area (Å²) in [5, 5.41) is 0. The highest BCUT2D eigenvalue weighted by atomic mass is 32.2.